The number of benzene rings is 1. The van der Waals surface area contributed by atoms with Gasteiger partial charge in [-0.15, -0.1) is 0 Å². The Morgan fingerprint density at radius 3 is 2.80 bits per heavy atom. The molecular weight excluding hydrogens is 199 g/mol. The first kappa shape index (κ1) is 9.51. The number of carbonyl (C=O) groups is 1. The first-order valence-electron chi connectivity index (χ1n) is 4.31. The topological polar surface area (TPSA) is 79.1 Å². The molecule has 0 bridgehead atoms. The molecule has 4 N–H and O–H groups in total. The fourth-order valence-corrected chi connectivity index (χ4v) is 1.58. The van der Waals surface area contributed by atoms with Gasteiger partial charge in [-0.25, -0.2) is 9.18 Å². The van der Waals surface area contributed by atoms with Crippen molar-refractivity contribution in [2.24, 2.45) is 0 Å². The molecule has 2 aromatic rings. The molecule has 0 aliphatic carbocycles. The van der Waals surface area contributed by atoms with Gasteiger partial charge in [0.2, 0.25) is 0 Å². The molecule has 1 aromatic heterocycles. The maximum absolute atomic E-state index is 13.7. The van der Waals surface area contributed by atoms with Gasteiger partial charge in [-0.2, -0.15) is 0 Å². The normalized spacial score (nSPS) is 10.8. The van der Waals surface area contributed by atoms with Crippen LogP contribution in [-0.2, 0) is 0 Å². The highest BCUT2D eigenvalue weighted by Gasteiger charge is 2.17. The number of nitrogens with two attached hydrogens (primary N) is 1. The molecular formula is C10H9FN2O2. The zero-order chi connectivity index (χ0) is 11.2. The lowest BCUT2D eigenvalue weighted by Gasteiger charge is -2.02. The molecule has 0 aliphatic heterocycles. The van der Waals surface area contributed by atoms with Crippen molar-refractivity contribution in [1.29, 1.82) is 0 Å². The molecule has 0 fully saturated rings. The van der Waals surface area contributed by atoms with Crippen molar-refractivity contribution >= 4 is 22.6 Å². The number of fused-ring (bicyclic) bond motifs is 1. The molecule has 15 heavy (non-hydrogen) atoms. The van der Waals surface area contributed by atoms with Crippen molar-refractivity contribution in [3.8, 4) is 0 Å². The quantitative estimate of drug-likeness (QED) is 0.626. The van der Waals surface area contributed by atoms with Gasteiger partial charge in [0.25, 0.3) is 0 Å². The van der Waals surface area contributed by atoms with E-state index >= 15 is 0 Å². The van der Waals surface area contributed by atoms with E-state index in [1.807, 2.05) is 0 Å². The van der Waals surface area contributed by atoms with Crippen LogP contribution in [0.2, 0.25) is 0 Å². The van der Waals surface area contributed by atoms with Crippen LogP contribution in [0.25, 0.3) is 10.9 Å². The molecule has 2 rings (SSSR count). The zero-order valence-corrected chi connectivity index (χ0v) is 7.97. The predicted octanol–water partition coefficient (Wildman–Crippen LogP) is 1.90. The highest BCUT2D eigenvalue weighted by atomic mass is 19.1. The standard InChI is InChI=1S/C10H9FN2O2/c1-4-2-5-8(11)6(10(14)15)3-7(12)9(5)13-4/h2-3,13H,12H2,1H3,(H,14,15). The van der Waals surface area contributed by atoms with Crippen LogP contribution in [0, 0.1) is 12.7 Å². The average molecular weight is 208 g/mol. The minimum absolute atomic E-state index is 0.213. The van der Waals surface area contributed by atoms with Crippen molar-refractivity contribution in [2.75, 3.05) is 5.73 Å². The number of aromatic amines is 1. The second kappa shape index (κ2) is 2.98. The van der Waals surface area contributed by atoms with Crippen molar-refractivity contribution in [1.82, 2.24) is 4.98 Å². The van der Waals surface area contributed by atoms with Gasteiger partial charge in [0.05, 0.1) is 16.8 Å². The first-order chi connectivity index (χ1) is 7.00. The van der Waals surface area contributed by atoms with Gasteiger partial charge >= 0.3 is 5.97 Å². The Hall–Kier alpha value is -2.04. The molecule has 0 saturated heterocycles. The number of H-pyrrole nitrogens is 1. The lowest BCUT2D eigenvalue weighted by Crippen LogP contribution is -2.02. The number of hydrogen-bond acceptors (Lipinski definition) is 2. The first-order valence-corrected chi connectivity index (χ1v) is 4.31. The van der Waals surface area contributed by atoms with Gasteiger partial charge in [0, 0.05) is 11.1 Å². The summed E-state index contributed by atoms with van der Waals surface area (Å²) >= 11 is 0. The molecule has 0 aliphatic rings. The van der Waals surface area contributed by atoms with Gasteiger partial charge in [0.15, 0.2) is 0 Å². The third kappa shape index (κ3) is 1.32. The molecule has 0 spiro atoms. The van der Waals surface area contributed by atoms with Gasteiger partial charge in [-0.05, 0) is 19.1 Å². The van der Waals surface area contributed by atoms with Crippen molar-refractivity contribution < 1.29 is 14.3 Å². The van der Waals surface area contributed by atoms with E-state index in [-0.39, 0.29) is 11.1 Å². The number of aromatic carboxylic acids is 1. The molecule has 0 amide bonds. The van der Waals surface area contributed by atoms with Gasteiger partial charge < -0.3 is 15.8 Å². The molecule has 0 atom stereocenters. The van der Waals surface area contributed by atoms with Gasteiger partial charge in [0.1, 0.15) is 5.82 Å². The Balaban J connectivity index is 2.89. The number of carboxylic acids is 1. The smallest absolute Gasteiger partial charge is 0.338 e. The van der Waals surface area contributed by atoms with E-state index in [4.69, 9.17) is 10.8 Å². The Kier molecular flexibility index (Phi) is 1.89. The average Bonchev–Trinajstić information content (AvgIpc) is 2.53. The highest BCUT2D eigenvalue weighted by molar-refractivity contribution is 5.99. The summed E-state index contributed by atoms with van der Waals surface area (Å²) in [6, 6.07) is 2.66. The maximum Gasteiger partial charge on any atom is 0.338 e. The monoisotopic (exact) mass is 208 g/mol. The number of rotatable bonds is 1. The summed E-state index contributed by atoms with van der Waals surface area (Å²) in [5, 5.41) is 8.96. The number of anilines is 1. The van der Waals surface area contributed by atoms with Crippen molar-refractivity contribution in [3.05, 3.63) is 29.2 Å². The van der Waals surface area contributed by atoms with Crippen LogP contribution in [0.15, 0.2) is 12.1 Å². The Morgan fingerprint density at radius 2 is 2.20 bits per heavy atom. The maximum atomic E-state index is 13.7. The molecule has 0 radical (unpaired) electrons. The summed E-state index contributed by atoms with van der Waals surface area (Å²) < 4.78 is 13.7. The van der Waals surface area contributed by atoms with E-state index in [0.29, 0.717) is 5.52 Å². The van der Waals surface area contributed by atoms with Crippen LogP contribution in [0.4, 0.5) is 10.1 Å². The third-order valence-corrected chi connectivity index (χ3v) is 2.24. The zero-order valence-electron chi connectivity index (χ0n) is 7.97. The number of carboxylic acid groups (broad SMARTS) is 1. The number of aromatic nitrogens is 1. The predicted molar refractivity (Wildman–Crippen MR) is 54.4 cm³/mol. The van der Waals surface area contributed by atoms with Crippen LogP contribution >= 0.6 is 0 Å². The third-order valence-electron chi connectivity index (χ3n) is 2.24. The van der Waals surface area contributed by atoms with Gasteiger partial charge in [-0.1, -0.05) is 0 Å². The Morgan fingerprint density at radius 1 is 1.53 bits per heavy atom. The van der Waals surface area contributed by atoms with Crippen LogP contribution in [0.3, 0.4) is 0 Å². The van der Waals surface area contributed by atoms with E-state index in [0.717, 1.165) is 11.8 Å². The molecule has 1 heterocycles. The Bertz CT molecular complexity index is 560. The molecule has 5 heteroatoms. The van der Waals surface area contributed by atoms with Crippen molar-refractivity contribution in [3.63, 3.8) is 0 Å². The number of nitrogen functional groups attached to an aromatic ring is 1. The van der Waals surface area contributed by atoms with E-state index in [1.54, 1.807) is 6.92 Å². The lowest BCUT2D eigenvalue weighted by molar-refractivity contribution is 0.0692. The summed E-state index contributed by atoms with van der Waals surface area (Å²) in [5.41, 5.74) is 6.62. The SMILES string of the molecule is Cc1cc2c(F)c(C(=O)O)cc(N)c2[nH]1. The fourth-order valence-electron chi connectivity index (χ4n) is 1.58. The summed E-state index contributed by atoms with van der Waals surface area (Å²) in [6.07, 6.45) is 0. The summed E-state index contributed by atoms with van der Waals surface area (Å²) in [6.45, 7) is 1.75. The summed E-state index contributed by atoms with van der Waals surface area (Å²) in [5.74, 6) is -2.07. The highest BCUT2D eigenvalue weighted by Crippen LogP contribution is 2.27. The molecule has 4 nitrogen and oxygen atoms in total. The fraction of sp³-hybridized carbons (Fsp3) is 0.100. The van der Waals surface area contributed by atoms with E-state index in [2.05, 4.69) is 4.98 Å². The number of nitrogens with one attached hydrogen (secondary N) is 1. The minimum Gasteiger partial charge on any atom is -0.478 e. The van der Waals surface area contributed by atoms with Crippen LogP contribution in [-0.4, -0.2) is 16.1 Å². The minimum atomic E-state index is -1.32. The molecule has 1 aromatic carbocycles. The number of halogens is 1. The van der Waals surface area contributed by atoms with E-state index in [1.165, 1.54) is 6.07 Å². The summed E-state index contributed by atoms with van der Waals surface area (Å²) in [4.78, 5) is 13.6. The Labute approximate surface area is 84.5 Å². The number of hydrogen-bond donors (Lipinski definition) is 3. The van der Waals surface area contributed by atoms with E-state index in [9.17, 15) is 9.18 Å². The van der Waals surface area contributed by atoms with Crippen LogP contribution in [0.5, 0.6) is 0 Å². The second-order valence-electron chi connectivity index (χ2n) is 3.37. The van der Waals surface area contributed by atoms with Crippen LogP contribution in [0.1, 0.15) is 16.1 Å². The van der Waals surface area contributed by atoms with Crippen LogP contribution < -0.4 is 5.73 Å². The lowest BCUT2D eigenvalue weighted by atomic mass is 10.1. The van der Waals surface area contributed by atoms with E-state index < -0.39 is 17.3 Å². The largest absolute Gasteiger partial charge is 0.478 e. The molecule has 0 saturated carbocycles. The molecule has 0 unspecified atom stereocenters. The van der Waals surface area contributed by atoms with Crippen molar-refractivity contribution in [2.45, 2.75) is 6.92 Å². The number of aryl methyl sites for hydroxylation is 1. The summed E-state index contributed by atoms with van der Waals surface area (Å²) in [7, 11) is 0. The van der Waals surface area contributed by atoms with Gasteiger partial charge in [-0.3, -0.25) is 0 Å². The second-order valence-corrected chi connectivity index (χ2v) is 3.37. The molecule has 78 valence electrons.